The number of carbonyl (C=O) groups is 1. The second-order valence-electron chi connectivity index (χ2n) is 4.41. The molecular formula is C12H15ClN2O3. The van der Waals surface area contributed by atoms with Gasteiger partial charge in [0.05, 0.1) is 5.54 Å². The van der Waals surface area contributed by atoms with Crippen LogP contribution in [0, 0.1) is 0 Å². The number of H-pyrrole nitrogens is 1. The van der Waals surface area contributed by atoms with Crippen molar-refractivity contribution in [1.82, 2.24) is 10.3 Å². The molecule has 5 nitrogen and oxygen atoms in total. The highest BCUT2D eigenvalue weighted by atomic mass is 35.5. The fourth-order valence-electron chi connectivity index (χ4n) is 1.94. The van der Waals surface area contributed by atoms with Crippen molar-refractivity contribution < 1.29 is 9.53 Å². The van der Waals surface area contributed by atoms with E-state index in [4.69, 9.17) is 16.3 Å². The van der Waals surface area contributed by atoms with Gasteiger partial charge >= 0.3 is 0 Å². The lowest BCUT2D eigenvalue weighted by atomic mass is 9.92. The molecule has 6 heteroatoms. The van der Waals surface area contributed by atoms with Gasteiger partial charge in [-0.05, 0) is 18.9 Å². The van der Waals surface area contributed by atoms with Crippen molar-refractivity contribution in [3.05, 3.63) is 34.2 Å². The lowest BCUT2D eigenvalue weighted by Gasteiger charge is -2.36. The molecule has 0 saturated carbocycles. The predicted octanol–water partition coefficient (Wildman–Crippen LogP) is 0.893. The van der Waals surface area contributed by atoms with E-state index in [0.717, 1.165) is 0 Å². The van der Waals surface area contributed by atoms with Crippen LogP contribution in [0.15, 0.2) is 23.0 Å². The lowest BCUT2D eigenvalue weighted by molar-refractivity contribution is 0.0432. The lowest BCUT2D eigenvalue weighted by Crippen LogP contribution is -2.53. The van der Waals surface area contributed by atoms with Gasteiger partial charge in [0, 0.05) is 25.2 Å². The third-order valence-corrected chi connectivity index (χ3v) is 3.61. The SMILES string of the molecule is O=C(NC1(CCl)CCOCC1)c1cccc(=O)[nH]1. The first kappa shape index (κ1) is 13.1. The Morgan fingerprint density at radius 3 is 2.78 bits per heavy atom. The Kier molecular flexibility index (Phi) is 4.04. The number of aromatic amines is 1. The summed E-state index contributed by atoms with van der Waals surface area (Å²) in [6, 6.07) is 4.48. The molecule has 0 bridgehead atoms. The quantitative estimate of drug-likeness (QED) is 0.802. The van der Waals surface area contributed by atoms with E-state index >= 15 is 0 Å². The molecule has 1 aliphatic rings. The van der Waals surface area contributed by atoms with Crippen LogP contribution in [0.3, 0.4) is 0 Å². The van der Waals surface area contributed by atoms with Crippen LogP contribution in [0.25, 0.3) is 0 Å². The predicted molar refractivity (Wildman–Crippen MR) is 68.0 cm³/mol. The number of rotatable bonds is 3. The number of hydrogen-bond acceptors (Lipinski definition) is 3. The Bertz CT molecular complexity index is 480. The molecule has 0 aliphatic carbocycles. The van der Waals surface area contributed by atoms with Crippen LogP contribution in [0.5, 0.6) is 0 Å². The van der Waals surface area contributed by atoms with Gasteiger partial charge < -0.3 is 15.0 Å². The van der Waals surface area contributed by atoms with Crippen LogP contribution in [0.1, 0.15) is 23.3 Å². The van der Waals surface area contributed by atoms with Crippen LogP contribution < -0.4 is 10.9 Å². The normalized spacial score (nSPS) is 18.3. The van der Waals surface area contributed by atoms with Crippen molar-refractivity contribution in [2.45, 2.75) is 18.4 Å². The minimum atomic E-state index is -0.441. The van der Waals surface area contributed by atoms with Crippen LogP contribution in [0.2, 0.25) is 0 Å². The van der Waals surface area contributed by atoms with E-state index in [1.54, 1.807) is 12.1 Å². The fourth-order valence-corrected chi connectivity index (χ4v) is 2.28. The van der Waals surface area contributed by atoms with Crippen molar-refractivity contribution in [2.24, 2.45) is 0 Å². The molecule has 1 aromatic heterocycles. The van der Waals surface area contributed by atoms with Gasteiger partial charge in [0.15, 0.2) is 0 Å². The van der Waals surface area contributed by atoms with Crippen LogP contribution in [0.4, 0.5) is 0 Å². The summed E-state index contributed by atoms with van der Waals surface area (Å²) in [6.07, 6.45) is 1.36. The van der Waals surface area contributed by atoms with E-state index in [-0.39, 0.29) is 17.2 Å². The number of ether oxygens (including phenoxy) is 1. The van der Waals surface area contributed by atoms with Crippen LogP contribution >= 0.6 is 11.6 Å². The van der Waals surface area contributed by atoms with Gasteiger partial charge in [0.25, 0.3) is 5.91 Å². The Balaban J connectivity index is 2.12. The van der Waals surface area contributed by atoms with Crippen molar-refractivity contribution in [3.63, 3.8) is 0 Å². The molecule has 2 rings (SSSR count). The first-order chi connectivity index (χ1) is 8.65. The number of aromatic nitrogens is 1. The Labute approximate surface area is 109 Å². The highest BCUT2D eigenvalue weighted by Gasteiger charge is 2.33. The van der Waals surface area contributed by atoms with Gasteiger partial charge in [0.2, 0.25) is 5.56 Å². The van der Waals surface area contributed by atoms with Gasteiger partial charge in [-0.3, -0.25) is 9.59 Å². The Hall–Kier alpha value is -1.33. The minimum Gasteiger partial charge on any atom is -0.381 e. The standard InChI is InChI=1S/C12H15ClN2O3/c13-8-12(4-6-18-7-5-12)15-11(17)9-2-1-3-10(16)14-9/h1-3H,4-8H2,(H,14,16)(H,15,17). The monoisotopic (exact) mass is 270 g/mol. The van der Waals surface area contributed by atoms with E-state index in [0.29, 0.717) is 31.9 Å². The highest BCUT2D eigenvalue weighted by Crippen LogP contribution is 2.22. The number of halogens is 1. The van der Waals surface area contributed by atoms with E-state index in [1.807, 2.05) is 0 Å². The maximum atomic E-state index is 12.0. The maximum Gasteiger partial charge on any atom is 0.268 e. The van der Waals surface area contributed by atoms with Crippen LogP contribution in [-0.4, -0.2) is 35.5 Å². The van der Waals surface area contributed by atoms with Gasteiger partial charge in [-0.25, -0.2) is 0 Å². The molecule has 1 saturated heterocycles. The summed E-state index contributed by atoms with van der Waals surface area (Å²) in [5.74, 6) is 0.0226. The molecule has 0 unspecified atom stereocenters. The summed E-state index contributed by atoms with van der Waals surface area (Å²) in [6.45, 7) is 1.16. The summed E-state index contributed by atoms with van der Waals surface area (Å²) in [5, 5.41) is 2.90. The van der Waals surface area contributed by atoms with Gasteiger partial charge in [-0.15, -0.1) is 11.6 Å². The van der Waals surface area contributed by atoms with Crippen molar-refractivity contribution in [2.75, 3.05) is 19.1 Å². The molecule has 98 valence electrons. The number of amides is 1. The molecule has 1 fully saturated rings. The average Bonchev–Trinajstić information content (AvgIpc) is 2.40. The topological polar surface area (TPSA) is 71.2 Å². The molecule has 2 N–H and O–H groups in total. The van der Waals surface area contributed by atoms with E-state index in [9.17, 15) is 9.59 Å². The summed E-state index contributed by atoms with van der Waals surface area (Å²) < 4.78 is 5.27. The molecule has 0 spiro atoms. The van der Waals surface area contributed by atoms with E-state index in [2.05, 4.69) is 10.3 Å². The van der Waals surface area contributed by atoms with E-state index < -0.39 is 5.54 Å². The summed E-state index contributed by atoms with van der Waals surface area (Å²) in [5.41, 5.74) is -0.489. The first-order valence-corrected chi connectivity index (χ1v) is 6.34. The Morgan fingerprint density at radius 1 is 1.44 bits per heavy atom. The number of pyridine rings is 1. The van der Waals surface area contributed by atoms with Crippen molar-refractivity contribution >= 4 is 17.5 Å². The summed E-state index contributed by atoms with van der Waals surface area (Å²) >= 11 is 5.96. The fraction of sp³-hybridized carbons (Fsp3) is 0.500. The third kappa shape index (κ3) is 2.91. The molecular weight excluding hydrogens is 256 g/mol. The van der Waals surface area contributed by atoms with E-state index in [1.165, 1.54) is 6.07 Å². The second kappa shape index (κ2) is 5.54. The maximum absolute atomic E-state index is 12.0. The third-order valence-electron chi connectivity index (χ3n) is 3.10. The average molecular weight is 271 g/mol. The molecule has 0 atom stereocenters. The van der Waals surface area contributed by atoms with Crippen LogP contribution in [-0.2, 0) is 4.74 Å². The van der Waals surface area contributed by atoms with Crippen molar-refractivity contribution in [1.29, 1.82) is 0 Å². The molecule has 1 amide bonds. The summed E-state index contributed by atoms with van der Waals surface area (Å²) in [7, 11) is 0. The minimum absolute atomic E-state index is 0.249. The molecule has 2 heterocycles. The smallest absolute Gasteiger partial charge is 0.268 e. The number of hydrogen-bond donors (Lipinski definition) is 2. The second-order valence-corrected chi connectivity index (χ2v) is 4.68. The first-order valence-electron chi connectivity index (χ1n) is 5.81. The zero-order valence-electron chi connectivity index (χ0n) is 9.87. The molecule has 0 aromatic carbocycles. The largest absolute Gasteiger partial charge is 0.381 e. The molecule has 0 radical (unpaired) electrons. The zero-order valence-corrected chi connectivity index (χ0v) is 10.6. The van der Waals surface area contributed by atoms with Gasteiger partial charge in [0.1, 0.15) is 5.69 Å². The van der Waals surface area contributed by atoms with Gasteiger partial charge in [-0.2, -0.15) is 0 Å². The number of nitrogens with one attached hydrogen (secondary N) is 2. The van der Waals surface area contributed by atoms with Gasteiger partial charge in [-0.1, -0.05) is 6.07 Å². The number of alkyl halides is 1. The van der Waals surface area contributed by atoms with Crippen molar-refractivity contribution in [3.8, 4) is 0 Å². The molecule has 18 heavy (non-hydrogen) atoms. The molecule has 1 aromatic rings. The number of carbonyl (C=O) groups excluding carboxylic acids is 1. The summed E-state index contributed by atoms with van der Waals surface area (Å²) in [4.78, 5) is 25.7. The highest BCUT2D eigenvalue weighted by molar-refractivity contribution is 6.19. The molecule has 1 aliphatic heterocycles. The zero-order chi connectivity index (χ0) is 13.0. The Morgan fingerprint density at radius 2 is 2.17 bits per heavy atom.